The molecule has 1 amide bonds. The Hall–Kier alpha value is -2.63. The highest BCUT2D eigenvalue weighted by Gasteiger charge is 2.19. The van der Waals surface area contributed by atoms with Crippen LogP contribution in [0.25, 0.3) is 11.3 Å². The van der Waals surface area contributed by atoms with Gasteiger partial charge in [0.15, 0.2) is 0 Å². The SMILES string of the molecule is COc1cccc(-c2cc(C(=O)NC3CCCC3)[nH]c(=O)n2)c1. The van der Waals surface area contributed by atoms with Crippen LogP contribution in [0.3, 0.4) is 0 Å². The first-order chi connectivity index (χ1) is 11.2. The highest BCUT2D eigenvalue weighted by atomic mass is 16.5. The van der Waals surface area contributed by atoms with Crippen molar-refractivity contribution < 1.29 is 9.53 Å². The summed E-state index contributed by atoms with van der Waals surface area (Å²) in [4.78, 5) is 30.6. The van der Waals surface area contributed by atoms with Gasteiger partial charge in [-0.05, 0) is 31.0 Å². The average molecular weight is 313 g/mol. The second kappa shape index (κ2) is 6.64. The lowest BCUT2D eigenvalue weighted by Crippen LogP contribution is -2.34. The van der Waals surface area contributed by atoms with Crippen molar-refractivity contribution in [3.63, 3.8) is 0 Å². The van der Waals surface area contributed by atoms with E-state index in [-0.39, 0.29) is 17.6 Å². The van der Waals surface area contributed by atoms with Crippen LogP contribution in [0.4, 0.5) is 0 Å². The number of benzene rings is 1. The molecule has 0 spiro atoms. The Morgan fingerprint density at radius 1 is 1.30 bits per heavy atom. The number of H-pyrrole nitrogens is 1. The van der Waals surface area contributed by atoms with E-state index in [2.05, 4.69) is 15.3 Å². The van der Waals surface area contributed by atoms with Crippen molar-refractivity contribution in [3.8, 4) is 17.0 Å². The summed E-state index contributed by atoms with van der Waals surface area (Å²) in [5.74, 6) is 0.405. The van der Waals surface area contributed by atoms with Crippen molar-refractivity contribution in [1.82, 2.24) is 15.3 Å². The highest BCUT2D eigenvalue weighted by molar-refractivity contribution is 5.93. The number of hydrogen-bond donors (Lipinski definition) is 2. The molecule has 0 aliphatic heterocycles. The van der Waals surface area contributed by atoms with Gasteiger partial charge in [0, 0.05) is 11.6 Å². The minimum atomic E-state index is -0.540. The Kier molecular flexibility index (Phi) is 4.41. The zero-order valence-corrected chi connectivity index (χ0v) is 13.0. The van der Waals surface area contributed by atoms with Gasteiger partial charge in [-0.1, -0.05) is 25.0 Å². The van der Waals surface area contributed by atoms with Crippen molar-refractivity contribution in [3.05, 3.63) is 46.5 Å². The number of carbonyl (C=O) groups excluding carboxylic acids is 1. The van der Waals surface area contributed by atoms with Crippen LogP contribution in [0.1, 0.15) is 36.2 Å². The van der Waals surface area contributed by atoms with E-state index in [1.165, 1.54) is 0 Å². The molecule has 1 fully saturated rings. The van der Waals surface area contributed by atoms with Crippen molar-refractivity contribution in [2.75, 3.05) is 7.11 Å². The fraction of sp³-hybridized carbons (Fsp3) is 0.353. The number of methoxy groups -OCH3 is 1. The number of carbonyl (C=O) groups is 1. The van der Waals surface area contributed by atoms with Crippen LogP contribution in [-0.4, -0.2) is 29.0 Å². The molecule has 3 rings (SSSR count). The molecule has 1 saturated carbocycles. The van der Waals surface area contributed by atoms with Crippen LogP contribution in [0.2, 0.25) is 0 Å². The lowest BCUT2D eigenvalue weighted by Gasteiger charge is -2.12. The molecule has 120 valence electrons. The second-order valence-corrected chi connectivity index (χ2v) is 5.67. The molecule has 1 heterocycles. The predicted octanol–water partition coefficient (Wildman–Crippen LogP) is 2.12. The number of nitrogens with one attached hydrogen (secondary N) is 2. The van der Waals surface area contributed by atoms with Gasteiger partial charge >= 0.3 is 5.69 Å². The molecule has 2 aromatic rings. The third kappa shape index (κ3) is 3.59. The number of rotatable bonds is 4. The van der Waals surface area contributed by atoms with Gasteiger partial charge in [-0.2, -0.15) is 4.98 Å². The number of amides is 1. The van der Waals surface area contributed by atoms with E-state index in [1.807, 2.05) is 18.2 Å². The second-order valence-electron chi connectivity index (χ2n) is 5.67. The van der Waals surface area contributed by atoms with E-state index in [0.717, 1.165) is 31.2 Å². The number of nitrogens with zero attached hydrogens (tertiary/aromatic N) is 1. The number of hydrogen-bond acceptors (Lipinski definition) is 4. The Labute approximate surface area is 133 Å². The molecule has 23 heavy (non-hydrogen) atoms. The van der Waals surface area contributed by atoms with E-state index in [9.17, 15) is 9.59 Å². The predicted molar refractivity (Wildman–Crippen MR) is 86.6 cm³/mol. The summed E-state index contributed by atoms with van der Waals surface area (Å²) in [7, 11) is 1.57. The molecule has 1 aromatic heterocycles. The molecule has 6 heteroatoms. The van der Waals surface area contributed by atoms with Crippen LogP contribution >= 0.6 is 0 Å². The lowest BCUT2D eigenvalue weighted by molar-refractivity contribution is 0.0932. The first-order valence-corrected chi connectivity index (χ1v) is 7.72. The molecule has 0 saturated heterocycles. The normalized spacial score (nSPS) is 14.7. The summed E-state index contributed by atoms with van der Waals surface area (Å²) in [5.41, 5.74) is 0.867. The number of aromatic amines is 1. The molecule has 0 radical (unpaired) electrons. The Morgan fingerprint density at radius 2 is 2.09 bits per heavy atom. The van der Waals surface area contributed by atoms with Crippen molar-refractivity contribution in [2.45, 2.75) is 31.7 Å². The van der Waals surface area contributed by atoms with E-state index in [0.29, 0.717) is 11.4 Å². The number of ether oxygens (including phenoxy) is 1. The molecule has 6 nitrogen and oxygen atoms in total. The van der Waals surface area contributed by atoms with Gasteiger partial charge in [0.1, 0.15) is 11.4 Å². The summed E-state index contributed by atoms with van der Waals surface area (Å²) >= 11 is 0. The van der Waals surface area contributed by atoms with Gasteiger partial charge in [0.2, 0.25) is 0 Å². The van der Waals surface area contributed by atoms with Crippen LogP contribution < -0.4 is 15.7 Å². The molecule has 0 atom stereocenters. The molecule has 2 N–H and O–H groups in total. The van der Waals surface area contributed by atoms with Gasteiger partial charge < -0.3 is 15.0 Å². The zero-order chi connectivity index (χ0) is 16.2. The number of aromatic nitrogens is 2. The topological polar surface area (TPSA) is 84.1 Å². The summed E-state index contributed by atoms with van der Waals surface area (Å²) in [5, 5.41) is 2.96. The molecule has 1 aliphatic carbocycles. The monoisotopic (exact) mass is 313 g/mol. The third-order valence-electron chi connectivity index (χ3n) is 4.05. The largest absolute Gasteiger partial charge is 0.497 e. The quantitative estimate of drug-likeness (QED) is 0.905. The molecule has 1 aliphatic rings. The van der Waals surface area contributed by atoms with Gasteiger partial charge in [-0.3, -0.25) is 4.79 Å². The summed E-state index contributed by atoms with van der Waals surface area (Å²) < 4.78 is 5.18. The maximum Gasteiger partial charge on any atom is 0.346 e. The third-order valence-corrected chi connectivity index (χ3v) is 4.05. The zero-order valence-electron chi connectivity index (χ0n) is 13.0. The summed E-state index contributed by atoms with van der Waals surface area (Å²) in [6.45, 7) is 0. The van der Waals surface area contributed by atoms with Gasteiger partial charge in [-0.15, -0.1) is 0 Å². The maximum absolute atomic E-state index is 12.3. The van der Waals surface area contributed by atoms with E-state index in [1.54, 1.807) is 19.2 Å². The Bertz CT molecular complexity index is 764. The first-order valence-electron chi connectivity index (χ1n) is 7.72. The Balaban J connectivity index is 1.89. The average Bonchev–Trinajstić information content (AvgIpc) is 3.07. The van der Waals surface area contributed by atoms with E-state index < -0.39 is 5.69 Å². The van der Waals surface area contributed by atoms with Crippen molar-refractivity contribution >= 4 is 5.91 Å². The van der Waals surface area contributed by atoms with Crippen molar-refractivity contribution in [2.24, 2.45) is 0 Å². The van der Waals surface area contributed by atoms with Crippen LogP contribution in [0.15, 0.2) is 35.1 Å². The summed E-state index contributed by atoms with van der Waals surface area (Å²) in [6, 6.07) is 9.02. The minimum absolute atomic E-state index is 0.194. The van der Waals surface area contributed by atoms with Crippen LogP contribution in [0.5, 0.6) is 5.75 Å². The van der Waals surface area contributed by atoms with Gasteiger partial charge in [0.25, 0.3) is 5.91 Å². The minimum Gasteiger partial charge on any atom is -0.497 e. The fourth-order valence-corrected chi connectivity index (χ4v) is 2.84. The van der Waals surface area contributed by atoms with Crippen molar-refractivity contribution in [1.29, 1.82) is 0 Å². The molecular weight excluding hydrogens is 294 g/mol. The van der Waals surface area contributed by atoms with E-state index in [4.69, 9.17) is 4.74 Å². The maximum atomic E-state index is 12.3. The standard InChI is InChI=1S/C17H19N3O3/c1-23-13-8-4-5-11(9-13)14-10-15(20-17(22)19-14)16(21)18-12-6-2-3-7-12/h4-5,8-10,12H,2-3,6-7H2,1H3,(H,18,21)(H,19,20,22). The van der Waals surface area contributed by atoms with Crippen LogP contribution in [-0.2, 0) is 0 Å². The fourth-order valence-electron chi connectivity index (χ4n) is 2.84. The van der Waals surface area contributed by atoms with Gasteiger partial charge in [-0.25, -0.2) is 4.79 Å². The molecule has 0 unspecified atom stereocenters. The first kappa shape index (κ1) is 15.3. The van der Waals surface area contributed by atoms with Gasteiger partial charge in [0.05, 0.1) is 12.8 Å². The molecular formula is C17H19N3O3. The summed E-state index contributed by atoms with van der Waals surface area (Å²) in [6.07, 6.45) is 4.24. The highest BCUT2D eigenvalue weighted by Crippen LogP contribution is 2.22. The van der Waals surface area contributed by atoms with Crippen LogP contribution in [0, 0.1) is 0 Å². The Morgan fingerprint density at radius 3 is 2.83 bits per heavy atom. The molecule has 0 bridgehead atoms. The smallest absolute Gasteiger partial charge is 0.346 e. The van der Waals surface area contributed by atoms with E-state index >= 15 is 0 Å². The lowest BCUT2D eigenvalue weighted by atomic mass is 10.1. The molecule has 1 aromatic carbocycles.